The Morgan fingerprint density at radius 3 is 2.38 bits per heavy atom. The van der Waals surface area contributed by atoms with Crippen molar-refractivity contribution in [1.82, 2.24) is 0 Å². The van der Waals surface area contributed by atoms with Crippen molar-refractivity contribution < 1.29 is 9.53 Å². The highest BCUT2D eigenvalue weighted by Crippen LogP contribution is 2.67. The van der Waals surface area contributed by atoms with Crippen LogP contribution < -0.4 is 0 Å². The molecule has 8 atom stereocenters. The van der Waals surface area contributed by atoms with Crippen molar-refractivity contribution in [1.29, 1.82) is 0 Å². The Labute approximate surface area is 242 Å². The standard InChI is InChI=1S/C37H64O2/c1-7-8-9-10-11-12-13-17-35(38)39-30-22-24-36(5)29(26-30)18-19-31-33-21-20-32(28(4)16-14-15-27(2)3)37(33,6)25-23-34(31)36/h18,27-28,30-34H,7-17,19-26H2,1-6H3. The van der Waals surface area contributed by atoms with Crippen molar-refractivity contribution in [2.24, 2.45) is 46.3 Å². The Morgan fingerprint density at radius 1 is 0.897 bits per heavy atom. The first-order chi connectivity index (χ1) is 18.7. The molecule has 0 aliphatic heterocycles. The molecule has 4 aliphatic rings. The number of fused-ring (bicyclic) bond motifs is 5. The van der Waals surface area contributed by atoms with Crippen molar-refractivity contribution in [3.8, 4) is 0 Å². The van der Waals surface area contributed by atoms with Crippen molar-refractivity contribution >= 4 is 5.97 Å². The van der Waals surface area contributed by atoms with Crippen LogP contribution in [0.15, 0.2) is 11.6 Å². The lowest BCUT2D eigenvalue weighted by molar-refractivity contribution is -0.151. The van der Waals surface area contributed by atoms with Gasteiger partial charge in [-0.05, 0) is 97.7 Å². The summed E-state index contributed by atoms with van der Waals surface area (Å²) in [6, 6.07) is 0. The van der Waals surface area contributed by atoms with Crippen LogP contribution in [0.1, 0.15) is 164 Å². The first-order valence-electron chi connectivity index (χ1n) is 17.6. The molecule has 4 aliphatic carbocycles. The van der Waals surface area contributed by atoms with E-state index in [0.717, 1.165) is 54.8 Å². The van der Waals surface area contributed by atoms with E-state index in [0.29, 0.717) is 17.3 Å². The summed E-state index contributed by atoms with van der Waals surface area (Å²) >= 11 is 0. The van der Waals surface area contributed by atoms with Gasteiger partial charge in [-0.1, -0.05) is 111 Å². The van der Waals surface area contributed by atoms with Gasteiger partial charge in [0.2, 0.25) is 0 Å². The van der Waals surface area contributed by atoms with E-state index in [9.17, 15) is 4.79 Å². The summed E-state index contributed by atoms with van der Waals surface area (Å²) in [5.74, 6) is 5.34. The number of esters is 1. The third kappa shape index (κ3) is 7.17. The third-order valence-electron chi connectivity index (χ3n) is 12.5. The van der Waals surface area contributed by atoms with E-state index in [4.69, 9.17) is 4.74 Å². The minimum Gasteiger partial charge on any atom is -0.462 e. The quantitative estimate of drug-likeness (QED) is 0.124. The maximum atomic E-state index is 12.6. The number of carbonyl (C=O) groups is 1. The minimum atomic E-state index is 0.0550. The van der Waals surface area contributed by atoms with Crippen molar-refractivity contribution in [2.45, 2.75) is 170 Å². The molecule has 0 aromatic heterocycles. The van der Waals surface area contributed by atoms with Crippen LogP contribution in [0.5, 0.6) is 0 Å². The fourth-order valence-electron chi connectivity index (χ4n) is 10.2. The highest BCUT2D eigenvalue weighted by atomic mass is 16.5. The smallest absolute Gasteiger partial charge is 0.306 e. The van der Waals surface area contributed by atoms with Crippen LogP contribution in [0.4, 0.5) is 0 Å². The van der Waals surface area contributed by atoms with Crippen molar-refractivity contribution in [3.63, 3.8) is 0 Å². The summed E-state index contributed by atoms with van der Waals surface area (Å²) in [5, 5.41) is 0. The second-order valence-corrected chi connectivity index (χ2v) is 15.5. The second kappa shape index (κ2) is 13.9. The average Bonchev–Trinajstić information content (AvgIpc) is 3.25. The number of carbonyl (C=O) groups excluding carboxylic acids is 1. The first kappa shape index (κ1) is 31.2. The molecule has 39 heavy (non-hydrogen) atoms. The SMILES string of the molecule is CCCCCCCCCC(=O)OC1CCC2(C)C(=CCC3C2CCC2(C)C(C(C)CCCC(C)C)CCC32)C1. The summed E-state index contributed by atoms with van der Waals surface area (Å²) in [7, 11) is 0. The van der Waals surface area contributed by atoms with Crippen molar-refractivity contribution in [3.05, 3.63) is 11.6 Å². The minimum absolute atomic E-state index is 0.0550. The van der Waals surface area contributed by atoms with E-state index >= 15 is 0 Å². The number of hydrogen-bond donors (Lipinski definition) is 0. The molecule has 0 amide bonds. The van der Waals surface area contributed by atoms with Gasteiger partial charge in [0.05, 0.1) is 0 Å². The van der Waals surface area contributed by atoms with Gasteiger partial charge in [-0.25, -0.2) is 0 Å². The number of unbranched alkanes of at least 4 members (excludes halogenated alkanes) is 6. The van der Waals surface area contributed by atoms with Crippen LogP contribution in [0.3, 0.4) is 0 Å². The molecule has 0 spiro atoms. The van der Waals surface area contributed by atoms with Crippen LogP contribution in [0.2, 0.25) is 0 Å². The summed E-state index contributed by atoms with van der Waals surface area (Å²) in [6.07, 6.45) is 26.7. The van der Waals surface area contributed by atoms with Gasteiger partial charge in [-0.15, -0.1) is 0 Å². The Bertz CT molecular complexity index is 812. The fourth-order valence-corrected chi connectivity index (χ4v) is 10.2. The Hall–Kier alpha value is -0.790. The van der Waals surface area contributed by atoms with Crippen LogP contribution in [0.25, 0.3) is 0 Å². The molecule has 0 aromatic rings. The molecule has 0 heterocycles. The van der Waals surface area contributed by atoms with Gasteiger partial charge in [-0.2, -0.15) is 0 Å². The van der Waals surface area contributed by atoms with E-state index in [1.165, 1.54) is 96.3 Å². The molecule has 0 saturated heterocycles. The lowest BCUT2D eigenvalue weighted by Crippen LogP contribution is -2.51. The summed E-state index contributed by atoms with van der Waals surface area (Å²) in [5.41, 5.74) is 2.54. The average molecular weight is 541 g/mol. The van der Waals surface area contributed by atoms with E-state index in [-0.39, 0.29) is 12.1 Å². The molecule has 2 heteroatoms. The Kier molecular flexibility index (Phi) is 11.1. The molecule has 0 radical (unpaired) electrons. The number of rotatable bonds is 14. The Balaban J connectivity index is 1.29. The van der Waals surface area contributed by atoms with Gasteiger partial charge in [0.15, 0.2) is 0 Å². The molecule has 0 N–H and O–H groups in total. The van der Waals surface area contributed by atoms with E-state index in [1.54, 1.807) is 5.57 Å². The lowest BCUT2D eigenvalue weighted by Gasteiger charge is -2.58. The van der Waals surface area contributed by atoms with Crippen LogP contribution in [0, 0.1) is 46.3 Å². The van der Waals surface area contributed by atoms with Crippen molar-refractivity contribution in [2.75, 3.05) is 0 Å². The summed E-state index contributed by atoms with van der Waals surface area (Å²) in [6.45, 7) is 14.9. The van der Waals surface area contributed by atoms with Gasteiger partial charge < -0.3 is 4.74 Å². The zero-order valence-corrected chi connectivity index (χ0v) is 26.9. The number of allylic oxidation sites excluding steroid dienone is 1. The molecule has 0 bridgehead atoms. The zero-order valence-electron chi connectivity index (χ0n) is 26.9. The molecule has 4 rings (SSSR count). The number of ether oxygens (including phenoxy) is 1. The molecule has 3 saturated carbocycles. The lowest BCUT2D eigenvalue weighted by atomic mass is 9.47. The van der Waals surface area contributed by atoms with Gasteiger partial charge in [0, 0.05) is 12.8 Å². The van der Waals surface area contributed by atoms with Gasteiger partial charge >= 0.3 is 5.97 Å². The van der Waals surface area contributed by atoms with Crippen LogP contribution in [-0.4, -0.2) is 12.1 Å². The van der Waals surface area contributed by atoms with Gasteiger partial charge in [-0.3, -0.25) is 4.79 Å². The molecule has 2 nitrogen and oxygen atoms in total. The van der Waals surface area contributed by atoms with Crippen LogP contribution >= 0.6 is 0 Å². The summed E-state index contributed by atoms with van der Waals surface area (Å²) in [4.78, 5) is 12.6. The highest BCUT2D eigenvalue weighted by molar-refractivity contribution is 5.69. The van der Waals surface area contributed by atoms with E-state index < -0.39 is 0 Å². The molecular weight excluding hydrogens is 476 g/mol. The molecule has 3 fully saturated rings. The normalized spacial score (nSPS) is 36.6. The molecule has 224 valence electrons. The van der Waals surface area contributed by atoms with E-state index in [1.807, 2.05) is 0 Å². The molecular formula is C37H64O2. The van der Waals surface area contributed by atoms with Crippen LogP contribution in [-0.2, 0) is 9.53 Å². The topological polar surface area (TPSA) is 26.3 Å². The largest absolute Gasteiger partial charge is 0.462 e. The van der Waals surface area contributed by atoms with E-state index in [2.05, 4.69) is 47.6 Å². The number of hydrogen-bond acceptors (Lipinski definition) is 2. The maximum Gasteiger partial charge on any atom is 0.306 e. The zero-order chi connectivity index (χ0) is 28.0. The first-order valence-corrected chi connectivity index (χ1v) is 17.6. The predicted molar refractivity (Wildman–Crippen MR) is 166 cm³/mol. The Morgan fingerprint density at radius 2 is 1.64 bits per heavy atom. The third-order valence-corrected chi connectivity index (χ3v) is 12.5. The summed E-state index contributed by atoms with van der Waals surface area (Å²) < 4.78 is 6.06. The maximum absolute atomic E-state index is 12.6. The fraction of sp³-hybridized carbons (Fsp3) is 0.919. The molecule has 8 unspecified atom stereocenters. The highest BCUT2D eigenvalue weighted by Gasteiger charge is 2.59. The predicted octanol–water partition coefficient (Wildman–Crippen LogP) is 11.1. The van der Waals surface area contributed by atoms with Gasteiger partial charge in [0.1, 0.15) is 6.10 Å². The molecule has 0 aromatic carbocycles. The van der Waals surface area contributed by atoms with Gasteiger partial charge in [0.25, 0.3) is 0 Å². The second-order valence-electron chi connectivity index (χ2n) is 15.5. The monoisotopic (exact) mass is 540 g/mol.